The molecule has 16 nitrogen and oxygen atoms in total. The molecule has 0 aliphatic carbocycles. The fourth-order valence-corrected chi connectivity index (χ4v) is 10.2. The molecule has 3 aliphatic heterocycles. The number of hydrogen-bond donors (Lipinski definition) is 5. The first kappa shape index (κ1) is 46.4. The molecular formula is C50H66N10O6. The van der Waals surface area contributed by atoms with E-state index in [2.05, 4.69) is 100 Å². The van der Waals surface area contributed by atoms with Crippen LogP contribution >= 0.6 is 0 Å². The number of hydrogen-bond acceptors (Lipinski definition) is 10. The molecule has 5 aromatic rings. The lowest BCUT2D eigenvalue weighted by Crippen LogP contribution is -2.51. The highest BCUT2D eigenvalue weighted by Gasteiger charge is 2.41. The predicted octanol–water partition coefficient (Wildman–Crippen LogP) is 7.85. The number of likely N-dealkylation sites (tertiary alicyclic amines) is 2. The maximum Gasteiger partial charge on any atom is 0.407 e. The van der Waals surface area contributed by atoms with Crippen molar-refractivity contribution in [3.05, 3.63) is 89.0 Å². The molecule has 0 saturated carbocycles. The minimum Gasteiger partial charge on any atom is -0.453 e. The van der Waals surface area contributed by atoms with Gasteiger partial charge in [-0.15, -0.1) is 0 Å². The van der Waals surface area contributed by atoms with E-state index in [9.17, 15) is 19.2 Å². The summed E-state index contributed by atoms with van der Waals surface area (Å²) in [6.07, 6.45) is 3.76. The molecule has 8 rings (SSSR count). The van der Waals surface area contributed by atoms with Crippen LogP contribution in [-0.4, -0.2) is 99.7 Å². The van der Waals surface area contributed by atoms with Crippen molar-refractivity contribution in [1.82, 2.24) is 40.4 Å². The molecule has 0 spiro atoms. The second kappa shape index (κ2) is 19.0. The molecular weight excluding hydrogens is 837 g/mol. The molecule has 2 aromatic heterocycles. The average molecular weight is 903 g/mol. The number of nitrogens with one attached hydrogen (secondary N) is 4. The molecule has 4 amide bonds. The number of amides is 4. The maximum absolute atomic E-state index is 13.9. The lowest BCUT2D eigenvalue weighted by molar-refractivity contribution is -0.136. The molecule has 5 heterocycles. The van der Waals surface area contributed by atoms with Crippen LogP contribution in [0.3, 0.4) is 0 Å². The highest BCUT2D eigenvalue weighted by Crippen LogP contribution is 2.48. The number of aromatic nitrogens is 4. The van der Waals surface area contributed by atoms with Gasteiger partial charge in [-0.2, -0.15) is 0 Å². The van der Waals surface area contributed by atoms with Gasteiger partial charge in [0.25, 0.3) is 0 Å². The van der Waals surface area contributed by atoms with Crippen LogP contribution in [0.2, 0.25) is 0 Å². The van der Waals surface area contributed by atoms with Gasteiger partial charge in [0.15, 0.2) is 0 Å². The van der Waals surface area contributed by atoms with Crippen molar-refractivity contribution in [3.63, 3.8) is 0 Å². The fraction of sp³-hybridized carbons (Fsp3) is 0.520. The molecule has 0 bridgehead atoms. The van der Waals surface area contributed by atoms with E-state index in [-0.39, 0.29) is 53.2 Å². The zero-order chi connectivity index (χ0) is 47.0. The lowest BCUT2D eigenvalue weighted by atomic mass is 9.85. The first-order valence-corrected chi connectivity index (χ1v) is 23.5. The predicted molar refractivity (Wildman–Crippen MR) is 254 cm³/mol. The Bertz CT molecular complexity index is 2420. The molecule has 352 valence electrons. The summed E-state index contributed by atoms with van der Waals surface area (Å²) in [4.78, 5) is 75.6. The number of rotatable bonds is 13. The van der Waals surface area contributed by atoms with E-state index in [1.807, 2.05) is 37.5 Å². The summed E-state index contributed by atoms with van der Waals surface area (Å²) in [5.41, 5.74) is 14.1. The van der Waals surface area contributed by atoms with Crippen LogP contribution in [0.5, 0.6) is 0 Å². The minimum absolute atomic E-state index is 0.0406. The van der Waals surface area contributed by atoms with Gasteiger partial charge in [0.1, 0.15) is 23.7 Å². The number of aromatic amines is 2. The van der Waals surface area contributed by atoms with E-state index in [1.54, 1.807) is 0 Å². The topological polar surface area (TPSA) is 204 Å². The van der Waals surface area contributed by atoms with Gasteiger partial charge in [-0.25, -0.2) is 19.6 Å². The highest BCUT2D eigenvalue weighted by molar-refractivity contribution is 5.87. The van der Waals surface area contributed by atoms with Crippen molar-refractivity contribution in [1.29, 1.82) is 0 Å². The van der Waals surface area contributed by atoms with Crippen LogP contribution in [0.15, 0.2) is 60.7 Å². The van der Waals surface area contributed by atoms with E-state index in [0.29, 0.717) is 19.6 Å². The molecule has 3 aromatic carbocycles. The van der Waals surface area contributed by atoms with Crippen LogP contribution in [0, 0.1) is 11.8 Å². The molecule has 3 aliphatic rings. The van der Waals surface area contributed by atoms with Gasteiger partial charge in [-0.05, 0) is 103 Å². The Morgan fingerprint density at radius 3 is 1.52 bits per heavy atom. The van der Waals surface area contributed by atoms with Gasteiger partial charge in [-0.1, -0.05) is 65.8 Å². The number of nitrogens with zero attached hydrogens (tertiary/aromatic N) is 5. The molecule has 66 heavy (non-hydrogen) atoms. The third-order valence-electron chi connectivity index (χ3n) is 14.1. The Labute approximate surface area is 386 Å². The van der Waals surface area contributed by atoms with E-state index in [1.165, 1.54) is 19.8 Å². The second-order valence-corrected chi connectivity index (χ2v) is 19.5. The van der Waals surface area contributed by atoms with Crippen molar-refractivity contribution in [3.8, 4) is 0 Å². The van der Waals surface area contributed by atoms with Crippen molar-refractivity contribution >= 4 is 51.8 Å². The number of alkyl carbamates (subject to hydrolysis) is 2. The Morgan fingerprint density at radius 2 is 1.12 bits per heavy atom. The number of methoxy groups -OCH3 is 2. The smallest absolute Gasteiger partial charge is 0.407 e. The van der Waals surface area contributed by atoms with Gasteiger partial charge in [0, 0.05) is 30.7 Å². The average Bonchev–Trinajstić information content (AvgIpc) is 4.17. The third kappa shape index (κ3) is 9.03. The zero-order valence-electron chi connectivity index (χ0n) is 39.5. The zero-order valence-corrected chi connectivity index (χ0v) is 39.5. The summed E-state index contributed by atoms with van der Waals surface area (Å²) >= 11 is 0. The third-order valence-corrected chi connectivity index (χ3v) is 14.1. The van der Waals surface area contributed by atoms with Gasteiger partial charge in [0.2, 0.25) is 11.8 Å². The second-order valence-electron chi connectivity index (χ2n) is 19.5. The van der Waals surface area contributed by atoms with Gasteiger partial charge in [-0.3, -0.25) is 9.59 Å². The molecule has 3 saturated heterocycles. The Morgan fingerprint density at radius 1 is 0.682 bits per heavy atom. The van der Waals surface area contributed by atoms with Crippen molar-refractivity contribution < 1.29 is 28.7 Å². The summed E-state index contributed by atoms with van der Waals surface area (Å²) in [7, 11) is 2.60. The van der Waals surface area contributed by atoms with Crippen molar-refractivity contribution in [2.75, 3.05) is 38.8 Å². The van der Waals surface area contributed by atoms with Crippen LogP contribution in [-0.2, 0) is 24.5 Å². The molecule has 6 N–H and O–H groups in total. The molecule has 6 unspecified atom stereocenters. The monoisotopic (exact) mass is 903 g/mol. The largest absolute Gasteiger partial charge is 0.453 e. The summed E-state index contributed by atoms with van der Waals surface area (Å²) in [6.45, 7) is 13.7. The number of imidazole rings is 2. The lowest BCUT2D eigenvalue weighted by Gasteiger charge is -2.34. The summed E-state index contributed by atoms with van der Waals surface area (Å²) in [5, 5.41) is 5.48. The standard InChI is InChI=1S/C50H66N10O6/c1-28(2)42(56-48(63)65-7)46(61)58-23-9-11-40(58)44-52-34-19-13-30(25-36(34)54-44)38-21-22-39(60(38)33-17-15-32(16-18-33)50(5,6)27-51)31-14-20-35-37(26-31)55-45(53-35)41-12-10-24-59(41)47(62)43(29(3)4)57-49(64)66-8/h13-20,25-26,28-29,38-43H,9-12,21-24,27,51H2,1-8H3,(H,52,54)(H,53,55)(H,56,63)(H,57,64). The Kier molecular flexibility index (Phi) is 13.3. The number of anilines is 1. The number of ether oxygens (including phenoxy) is 2. The summed E-state index contributed by atoms with van der Waals surface area (Å²) in [6, 6.07) is 19.9. The van der Waals surface area contributed by atoms with Gasteiger partial charge >= 0.3 is 12.2 Å². The van der Waals surface area contributed by atoms with Crippen molar-refractivity contribution in [2.45, 2.75) is 122 Å². The number of carbonyl (C=O) groups excluding carboxylic acids is 4. The van der Waals surface area contributed by atoms with Crippen LogP contribution in [0.4, 0.5) is 15.3 Å². The number of nitrogens with two attached hydrogens (primary N) is 1. The van der Waals surface area contributed by atoms with Crippen molar-refractivity contribution in [2.24, 2.45) is 17.6 Å². The molecule has 3 fully saturated rings. The summed E-state index contributed by atoms with van der Waals surface area (Å²) in [5.74, 6) is 0.942. The number of carbonyl (C=O) groups is 4. The number of benzene rings is 3. The first-order chi connectivity index (χ1) is 31.6. The SMILES string of the molecule is COC(=O)NC(C(=O)N1CCCC1c1nc2ccc(C3CCC(c4ccc5nc(C6CCCN6C(=O)C(NC(=O)OC)C(C)C)[nH]c5c4)N3c3ccc(C(C)(C)CN)cc3)cc2[nH]1)C(C)C. The molecule has 6 atom stereocenters. The van der Waals surface area contributed by atoms with E-state index in [0.717, 1.165) is 89.1 Å². The highest BCUT2D eigenvalue weighted by atomic mass is 16.5. The minimum atomic E-state index is -0.712. The fourth-order valence-electron chi connectivity index (χ4n) is 10.2. The first-order valence-electron chi connectivity index (χ1n) is 23.5. The Hall–Kier alpha value is -6.16. The molecule has 16 heteroatoms. The maximum atomic E-state index is 13.9. The quantitative estimate of drug-likeness (QED) is 0.0774. The molecule has 0 radical (unpaired) electrons. The van der Waals surface area contributed by atoms with Crippen LogP contribution in [0.1, 0.15) is 133 Å². The van der Waals surface area contributed by atoms with Crippen LogP contribution < -0.4 is 21.3 Å². The van der Waals surface area contributed by atoms with E-state index in [4.69, 9.17) is 25.2 Å². The van der Waals surface area contributed by atoms with Crippen LogP contribution in [0.25, 0.3) is 22.1 Å². The van der Waals surface area contributed by atoms with Gasteiger partial charge in [0.05, 0.1) is 60.5 Å². The Balaban J connectivity index is 1.09. The van der Waals surface area contributed by atoms with E-state index >= 15 is 0 Å². The van der Waals surface area contributed by atoms with E-state index < -0.39 is 24.3 Å². The number of H-pyrrole nitrogens is 2. The normalized spacial score (nSPS) is 21.0. The summed E-state index contributed by atoms with van der Waals surface area (Å²) < 4.78 is 9.66. The number of fused-ring (bicyclic) bond motifs is 2. The van der Waals surface area contributed by atoms with Gasteiger partial charge < -0.3 is 50.5 Å².